The molecule has 1 saturated heterocycles. The summed E-state index contributed by atoms with van der Waals surface area (Å²) in [4.78, 5) is 0. The van der Waals surface area contributed by atoms with Crippen molar-refractivity contribution in [2.45, 2.75) is 38.9 Å². The first-order valence-corrected chi connectivity index (χ1v) is 8.08. The van der Waals surface area contributed by atoms with Crippen LogP contribution in [0.3, 0.4) is 0 Å². The van der Waals surface area contributed by atoms with Crippen molar-refractivity contribution < 1.29 is 18.8 Å². The summed E-state index contributed by atoms with van der Waals surface area (Å²) in [5.41, 5.74) is 0.307. The van der Waals surface area contributed by atoms with E-state index in [9.17, 15) is 0 Å². The zero-order chi connectivity index (χ0) is 17.4. The van der Waals surface area contributed by atoms with E-state index in [1.165, 1.54) is 0 Å². The van der Waals surface area contributed by atoms with E-state index < -0.39 is 0 Å². The predicted octanol–water partition coefficient (Wildman–Crippen LogP) is 3.79. The molecule has 0 saturated carbocycles. The fourth-order valence-corrected chi connectivity index (χ4v) is 2.45. The van der Waals surface area contributed by atoms with Crippen molar-refractivity contribution in [1.82, 2.24) is 0 Å². The Morgan fingerprint density at radius 1 is 0.708 bits per heavy atom. The fourth-order valence-electron chi connectivity index (χ4n) is 2.45. The zero-order valence-corrected chi connectivity index (χ0v) is 14.8. The van der Waals surface area contributed by atoms with Gasteiger partial charge in [0.15, 0.2) is 0 Å². The molecule has 0 amide bonds. The Morgan fingerprint density at radius 2 is 1.12 bits per heavy atom. The van der Waals surface area contributed by atoms with Crippen LogP contribution in [0.15, 0.2) is 48.5 Å². The van der Waals surface area contributed by atoms with Gasteiger partial charge in [0.1, 0.15) is 17.2 Å². The molecule has 0 aromatic heterocycles. The van der Waals surface area contributed by atoms with Crippen molar-refractivity contribution in [3.05, 3.63) is 48.5 Å². The molecular weight excluding hydrogens is 303 g/mol. The molecule has 0 spiro atoms. The third-order valence-electron chi connectivity index (χ3n) is 4.70. The first-order chi connectivity index (χ1) is 11.3. The summed E-state index contributed by atoms with van der Waals surface area (Å²) in [6.07, 6.45) is 0. The lowest BCUT2D eigenvalue weighted by Crippen LogP contribution is -2.41. The number of hydrogen-bond acceptors (Lipinski definition) is 4. The standard InChI is InChI=1S/C19H23BO4/c1-18(2)19(3,4)24-20(23-18)14-6-8-16(9-7-14)22-17-12-10-15(21-5)11-13-17/h6-13H,1-5H3. The van der Waals surface area contributed by atoms with E-state index in [1.807, 2.05) is 76.2 Å². The van der Waals surface area contributed by atoms with Crippen LogP contribution in [-0.4, -0.2) is 25.4 Å². The molecule has 126 valence electrons. The van der Waals surface area contributed by atoms with E-state index in [4.69, 9.17) is 18.8 Å². The van der Waals surface area contributed by atoms with Gasteiger partial charge in [0.05, 0.1) is 18.3 Å². The highest BCUT2D eigenvalue weighted by atomic mass is 16.7. The van der Waals surface area contributed by atoms with Gasteiger partial charge in [-0.2, -0.15) is 0 Å². The molecule has 0 radical (unpaired) electrons. The van der Waals surface area contributed by atoms with Crippen LogP contribution in [0.5, 0.6) is 17.2 Å². The van der Waals surface area contributed by atoms with Crippen LogP contribution in [0, 0.1) is 0 Å². The van der Waals surface area contributed by atoms with Gasteiger partial charge in [-0.25, -0.2) is 0 Å². The van der Waals surface area contributed by atoms with Crippen LogP contribution in [0.1, 0.15) is 27.7 Å². The van der Waals surface area contributed by atoms with Crippen LogP contribution in [0.4, 0.5) is 0 Å². The second-order valence-electron chi connectivity index (χ2n) is 6.93. The molecule has 1 aliphatic heterocycles. The van der Waals surface area contributed by atoms with E-state index in [-0.39, 0.29) is 18.3 Å². The highest BCUT2D eigenvalue weighted by molar-refractivity contribution is 6.62. The van der Waals surface area contributed by atoms with Crippen LogP contribution in [0.2, 0.25) is 0 Å². The van der Waals surface area contributed by atoms with Crippen LogP contribution < -0.4 is 14.9 Å². The van der Waals surface area contributed by atoms with Gasteiger partial charge in [-0.05, 0) is 69.6 Å². The van der Waals surface area contributed by atoms with E-state index in [1.54, 1.807) is 7.11 Å². The second kappa shape index (κ2) is 6.15. The lowest BCUT2D eigenvalue weighted by Gasteiger charge is -2.32. The Morgan fingerprint density at radius 3 is 1.58 bits per heavy atom. The van der Waals surface area contributed by atoms with Crippen molar-refractivity contribution in [3.8, 4) is 17.2 Å². The lowest BCUT2D eigenvalue weighted by molar-refractivity contribution is 0.00578. The van der Waals surface area contributed by atoms with E-state index in [2.05, 4.69) is 0 Å². The van der Waals surface area contributed by atoms with Crippen molar-refractivity contribution in [2.75, 3.05) is 7.11 Å². The Labute approximate surface area is 143 Å². The second-order valence-corrected chi connectivity index (χ2v) is 6.93. The van der Waals surface area contributed by atoms with Gasteiger partial charge in [-0.3, -0.25) is 0 Å². The third kappa shape index (κ3) is 3.28. The predicted molar refractivity (Wildman–Crippen MR) is 95.2 cm³/mol. The minimum Gasteiger partial charge on any atom is -0.497 e. The van der Waals surface area contributed by atoms with Gasteiger partial charge in [-0.1, -0.05) is 12.1 Å². The first kappa shape index (κ1) is 16.9. The van der Waals surface area contributed by atoms with Crippen molar-refractivity contribution in [1.29, 1.82) is 0 Å². The molecule has 3 rings (SSSR count). The summed E-state index contributed by atoms with van der Waals surface area (Å²) in [5.74, 6) is 2.33. The maximum atomic E-state index is 6.06. The van der Waals surface area contributed by atoms with Gasteiger partial charge in [0, 0.05) is 0 Å². The van der Waals surface area contributed by atoms with Crippen LogP contribution in [0.25, 0.3) is 0 Å². The topological polar surface area (TPSA) is 36.9 Å². The smallest absolute Gasteiger partial charge is 0.494 e. The number of benzene rings is 2. The molecular formula is C19H23BO4. The van der Waals surface area contributed by atoms with E-state index >= 15 is 0 Å². The molecule has 4 nitrogen and oxygen atoms in total. The van der Waals surface area contributed by atoms with Crippen LogP contribution >= 0.6 is 0 Å². The summed E-state index contributed by atoms with van der Waals surface area (Å²) >= 11 is 0. The fraction of sp³-hybridized carbons (Fsp3) is 0.368. The maximum Gasteiger partial charge on any atom is 0.494 e. The Kier molecular flexibility index (Phi) is 4.32. The van der Waals surface area contributed by atoms with Gasteiger partial charge in [0.2, 0.25) is 0 Å². The van der Waals surface area contributed by atoms with Crippen molar-refractivity contribution >= 4 is 12.6 Å². The molecule has 0 N–H and O–H groups in total. The van der Waals surface area contributed by atoms with Gasteiger partial charge in [0.25, 0.3) is 0 Å². The average Bonchev–Trinajstić information content (AvgIpc) is 2.77. The summed E-state index contributed by atoms with van der Waals surface area (Å²) in [7, 11) is 1.29. The normalized spacial score (nSPS) is 18.5. The summed E-state index contributed by atoms with van der Waals surface area (Å²) in [6, 6.07) is 15.3. The molecule has 1 heterocycles. The summed E-state index contributed by atoms with van der Waals surface area (Å²) in [5, 5.41) is 0. The quantitative estimate of drug-likeness (QED) is 0.801. The SMILES string of the molecule is COc1ccc(Oc2ccc(B3OC(C)(C)C(C)(C)O3)cc2)cc1. The molecule has 1 aliphatic rings. The lowest BCUT2D eigenvalue weighted by atomic mass is 9.79. The number of rotatable bonds is 4. The van der Waals surface area contributed by atoms with E-state index in [0.717, 1.165) is 22.7 Å². The van der Waals surface area contributed by atoms with Crippen molar-refractivity contribution in [3.63, 3.8) is 0 Å². The first-order valence-electron chi connectivity index (χ1n) is 8.08. The summed E-state index contributed by atoms with van der Waals surface area (Å²) < 4.78 is 23.1. The van der Waals surface area contributed by atoms with Gasteiger partial charge in [-0.15, -0.1) is 0 Å². The summed E-state index contributed by atoms with van der Waals surface area (Å²) in [6.45, 7) is 8.20. The number of ether oxygens (including phenoxy) is 2. The molecule has 0 aliphatic carbocycles. The minimum absolute atomic E-state index is 0.337. The molecule has 2 aromatic carbocycles. The highest BCUT2D eigenvalue weighted by Gasteiger charge is 2.51. The Hall–Kier alpha value is -1.98. The highest BCUT2D eigenvalue weighted by Crippen LogP contribution is 2.36. The number of methoxy groups -OCH3 is 1. The molecule has 0 atom stereocenters. The minimum atomic E-state index is -0.356. The monoisotopic (exact) mass is 326 g/mol. The maximum absolute atomic E-state index is 6.06. The molecule has 5 heteroatoms. The molecule has 24 heavy (non-hydrogen) atoms. The van der Waals surface area contributed by atoms with Gasteiger partial charge >= 0.3 is 7.12 Å². The van der Waals surface area contributed by atoms with Crippen molar-refractivity contribution in [2.24, 2.45) is 0 Å². The molecule has 0 unspecified atom stereocenters. The molecule has 0 bridgehead atoms. The largest absolute Gasteiger partial charge is 0.497 e. The zero-order valence-electron chi connectivity index (χ0n) is 14.8. The third-order valence-corrected chi connectivity index (χ3v) is 4.70. The van der Waals surface area contributed by atoms with Crippen LogP contribution in [-0.2, 0) is 9.31 Å². The van der Waals surface area contributed by atoms with E-state index in [0.29, 0.717) is 0 Å². The Balaban J connectivity index is 1.69. The van der Waals surface area contributed by atoms with Gasteiger partial charge < -0.3 is 18.8 Å². The molecule has 2 aromatic rings. The number of hydrogen-bond donors (Lipinski definition) is 0. The Bertz CT molecular complexity index is 676. The average molecular weight is 326 g/mol. The molecule has 1 fully saturated rings.